The molecule has 0 saturated carbocycles. The highest BCUT2D eigenvalue weighted by molar-refractivity contribution is 5.74. The summed E-state index contributed by atoms with van der Waals surface area (Å²) in [4.78, 5) is 17.7. The Balaban J connectivity index is 2.56. The highest BCUT2D eigenvalue weighted by Crippen LogP contribution is 2.03. The zero-order valence-corrected chi connectivity index (χ0v) is 10.8. The van der Waals surface area contributed by atoms with Gasteiger partial charge in [0.15, 0.2) is 0 Å². The standard InChI is InChI=1S/C13H21N3O/c1-4-11(3)15-13(17)16(5-2)10-12-6-8-14-9-7-12/h6-9,11H,4-5,10H2,1-3H3,(H,15,17). The third-order valence-electron chi connectivity index (χ3n) is 2.77. The Kier molecular flexibility index (Phi) is 5.46. The monoisotopic (exact) mass is 235 g/mol. The Labute approximate surface area is 103 Å². The second-order valence-corrected chi connectivity index (χ2v) is 4.13. The van der Waals surface area contributed by atoms with Crippen LogP contribution in [0.2, 0.25) is 0 Å². The number of carbonyl (C=O) groups excluding carboxylic acids is 1. The van der Waals surface area contributed by atoms with Crippen molar-refractivity contribution in [1.82, 2.24) is 15.2 Å². The number of nitrogens with one attached hydrogen (secondary N) is 1. The third kappa shape index (κ3) is 4.43. The Morgan fingerprint density at radius 1 is 1.41 bits per heavy atom. The summed E-state index contributed by atoms with van der Waals surface area (Å²) < 4.78 is 0. The number of pyridine rings is 1. The van der Waals surface area contributed by atoms with E-state index in [0.29, 0.717) is 13.1 Å². The number of aromatic nitrogens is 1. The van der Waals surface area contributed by atoms with E-state index in [-0.39, 0.29) is 12.1 Å². The van der Waals surface area contributed by atoms with Crippen LogP contribution in [0.25, 0.3) is 0 Å². The number of hydrogen-bond donors (Lipinski definition) is 1. The fourth-order valence-corrected chi connectivity index (χ4v) is 1.44. The van der Waals surface area contributed by atoms with Crippen molar-refractivity contribution < 1.29 is 4.79 Å². The lowest BCUT2D eigenvalue weighted by Crippen LogP contribution is -2.43. The second-order valence-electron chi connectivity index (χ2n) is 4.13. The van der Waals surface area contributed by atoms with Crippen molar-refractivity contribution in [2.24, 2.45) is 0 Å². The van der Waals surface area contributed by atoms with Gasteiger partial charge in [-0.3, -0.25) is 4.98 Å². The minimum absolute atomic E-state index is 0.00124. The van der Waals surface area contributed by atoms with E-state index < -0.39 is 0 Å². The molecule has 1 N–H and O–H groups in total. The molecule has 1 heterocycles. The van der Waals surface area contributed by atoms with E-state index in [2.05, 4.69) is 17.2 Å². The molecule has 2 amide bonds. The van der Waals surface area contributed by atoms with Gasteiger partial charge in [-0.1, -0.05) is 6.92 Å². The predicted octanol–water partition coefficient (Wildman–Crippen LogP) is 2.41. The van der Waals surface area contributed by atoms with Gasteiger partial charge < -0.3 is 10.2 Å². The molecular formula is C13H21N3O. The number of amides is 2. The van der Waals surface area contributed by atoms with Gasteiger partial charge in [0.1, 0.15) is 0 Å². The van der Waals surface area contributed by atoms with E-state index in [1.54, 1.807) is 17.3 Å². The first-order valence-electron chi connectivity index (χ1n) is 6.11. The molecule has 0 spiro atoms. The zero-order valence-electron chi connectivity index (χ0n) is 10.8. The molecule has 4 nitrogen and oxygen atoms in total. The average Bonchev–Trinajstić information content (AvgIpc) is 2.36. The second kappa shape index (κ2) is 6.89. The maximum absolute atomic E-state index is 11.9. The number of hydrogen-bond acceptors (Lipinski definition) is 2. The summed E-state index contributed by atoms with van der Waals surface area (Å²) in [6.07, 6.45) is 4.43. The molecule has 0 aliphatic carbocycles. The quantitative estimate of drug-likeness (QED) is 0.851. The molecule has 0 bridgehead atoms. The molecule has 0 saturated heterocycles. The number of urea groups is 1. The van der Waals surface area contributed by atoms with Gasteiger partial charge in [-0.2, -0.15) is 0 Å². The summed E-state index contributed by atoms with van der Waals surface area (Å²) in [5, 5.41) is 2.97. The zero-order chi connectivity index (χ0) is 12.7. The van der Waals surface area contributed by atoms with E-state index in [1.165, 1.54) is 0 Å². The Morgan fingerprint density at radius 3 is 2.59 bits per heavy atom. The number of rotatable bonds is 5. The minimum Gasteiger partial charge on any atom is -0.336 e. The van der Waals surface area contributed by atoms with Crippen molar-refractivity contribution >= 4 is 6.03 Å². The fourth-order valence-electron chi connectivity index (χ4n) is 1.44. The van der Waals surface area contributed by atoms with E-state index in [1.807, 2.05) is 26.0 Å². The van der Waals surface area contributed by atoms with Crippen LogP contribution in [0.5, 0.6) is 0 Å². The SMILES string of the molecule is CCC(C)NC(=O)N(CC)Cc1ccncc1. The maximum Gasteiger partial charge on any atom is 0.317 e. The molecule has 0 fully saturated rings. The van der Waals surface area contributed by atoms with Crippen molar-refractivity contribution in [2.75, 3.05) is 6.54 Å². The third-order valence-corrected chi connectivity index (χ3v) is 2.77. The molecule has 1 rings (SSSR count). The molecule has 1 atom stereocenters. The van der Waals surface area contributed by atoms with E-state index in [0.717, 1.165) is 12.0 Å². The highest BCUT2D eigenvalue weighted by atomic mass is 16.2. The molecule has 0 radical (unpaired) electrons. The first-order valence-corrected chi connectivity index (χ1v) is 6.11. The van der Waals surface area contributed by atoms with Gasteiger partial charge >= 0.3 is 6.03 Å². The van der Waals surface area contributed by atoms with Crippen LogP contribution in [0.4, 0.5) is 4.79 Å². The van der Waals surface area contributed by atoms with Gasteiger partial charge in [0.05, 0.1) is 0 Å². The topological polar surface area (TPSA) is 45.2 Å². The van der Waals surface area contributed by atoms with Gasteiger partial charge in [-0.15, -0.1) is 0 Å². The summed E-state index contributed by atoms with van der Waals surface area (Å²) >= 11 is 0. The van der Waals surface area contributed by atoms with E-state index in [9.17, 15) is 4.79 Å². The first-order chi connectivity index (χ1) is 8.17. The molecule has 0 aromatic carbocycles. The Morgan fingerprint density at radius 2 is 2.06 bits per heavy atom. The largest absolute Gasteiger partial charge is 0.336 e. The van der Waals surface area contributed by atoms with Gasteiger partial charge in [0.2, 0.25) is 0 Å². The van der Waals surface area contributed by atoms with Crippen LogP contribution in [-0.4, -0.2) is 28.5 Å². The van der Waals surface area contributed by atoms with Crippen molar-refractivity contribution in [3.05, 3.63) is 30.1 Å². The van der Waals surface area contributed by atoms with Crippen LogP contribution in [0, 0.1) is 0 Å². The van der Waals surface area contributed by atoms with Crippen molar-refractivity contribution in [3.63, 3.8) is 0 Å². The van der Waals surface area contributed by atoms with Gasteiger partial charge in [-0.05, 0) is 38.0 Å². The number of carbonyl (C=O) groups is 1. The van der Waals surface area contributed by atoms with Crippen LogP contribution in [0.15, 0.2) is 24.5 Å². The summed E-state index contributed by atoms with van der Waals surface area (Å²) in [5.74, 6) is 0. The molecule has 0 aliphatic heterocycles. The summed E-state index contributed by atoms with van der Waals surface area (Å²) in [7, 11) is 0. The average molecular weight is 235 g/mol. The molecule has 1 aromatic rings. The summed E-state index contributed by atoms with van der Waals surface area (Å²) in [6.45, 7) is 7.38. The fraction of sp³-hybridized carbons (Fsp3) is 0.538. The van der Waals surface area contributed by atoms with Crippen molar-refractivity contribution in [1.29, 1.82) is 0 Å². The van der Waals surface area contributed by atoms with Crippen molar-refractivity contribution in [2.45, 2.75) is 39.8 Å². The maximum atomic E-state index is 11.9. The Bertz CT molecular complexity index is 340. The summed E-state index contributed by atoms with van der Waals surface area (Å²) in [5.41, 5.74) is 1.10. The molecule has 4 heteroatoms. The smallest absolute Gasteiger partial charge is 0.317 e. The molecule has 17 heavy (non-hydrogen) atoms. The minimum atomic E-state index is -0.00124. The molecule has 0 aliphatic rings. The molecule has 1 aromatic heterocycles. The van der Waals surface area contributed by atoms with E-state index >= 15 is 0 Å². The van der Waals surface area contributed by atoms with Gasteiger partial charge in [0, 0.05) is 31.5 Å². The highest BCUT2D eigenvalue weighted by Gasteiger charge is 2.13. The Hall–Kier alpha value is -1.58. The van der Waals surface area contributed by atoms with Crippen LogP contribution in [-0.2, 0) is 6.54 Å². The summed E-state index contributed by atoms with van der Waals surface area (Å²) in [6, 6.07) is 4.07. The lowest BCUT2D eigenvalue weighted by atomic mass is 10.2. The lowest BCUT2D eigenvalue weighted by Gasteiger charge is -2.23. The first kappa shape index (κ1) is 13.5. The molecular weight excluding hydrogens is 214 g/mol. The van der Waals surface area contributed by atoms with Crippen molar-refractivity contribution in [3.8, 4) is 0 Å². The van der Waals surface area contributed by atoms with Gasteiger partial charge in [0.25, 0.3) is 0 Å². The van der Waals surface area contributed by atoms with Crippen LogP contribution >= 0.6 is 0 Å². The predicted molar refractivity (Wildman–Crippen MR) is 68.6 cm³/mol. The molecule has 94 valence electrons. The normalized spacial score (nSPS) is 11.9. The van der Waals surface area contributed by atoms with Crippen LogP contribution in [0.1, 0.15) is 32.8 Å². The van der Waals surface area contributed by atoms with E-state index in [4.69, 9.17) is 0 Å². The van der Waals surface area contributed by atoms with Crippen LogP contribution in [0.3, 0.4) is 0 Å². The number of nitrogens with zero attached hydrogens (tertiary/aromatic N) is 2. The van der Waals surface area contributed by atoms with Crippen LogP contribution < -0.4 is 5.32 Å². The molecule has 1 unspecified atom stereocenters. The van der Waals surface area contributed by atoms with Gasteiger partial charge in [-0.25, -0.2) is 4.79 Å². The lowest BCUT2D eigenvalue weighted by molar-refractivity contribution is 0.194.